The van der Waals surface area contributed by atoms with E-state index in [-0.39, 0.29) is 11.4 Å². The van der Waals surface area contributed by atoms with Gasteiger partial charge in [0, 0.05) is 49.2 Å². The second-order valence-corrected chi connectivity index (χ2v) is 8.83. The first-order valence-corrected chi connectivity index (χ1v) is 10.6. The van der Waals surface area contributed by atoms with Gasteiger partial charge in [-0.2, -0.15) is 0 Å². The van der Waals surface area contributed by atoms with Crippen molar-refractivity contribution in [1.29, 1.82) is 0 Å². The molecule has 1 atom stereocenters. The molecular weight excluding hydrogens is 386 g/mol. The van der Waals surface area contributed by atoms with Crippen LogP contribution in [0.5, 0.6) is 0 Å². The van der Waals surface area contributed by atoms with Crippen molar-refractivity contribution in [3.05, 3.63) is 47.8 Å². The van der Waals surface area contributed by atoms with Crippen LogP contribution < -0.4 is 15.5 Å². The van der Waals surface area contributed by atoms with Gasteiger partial charge in [0.1, 0.15) is 11.6 Å². The highest BCUT2D eigenvalue weighted by molar-refractivity contribution is 6.03. The summed E-state index contributed by atoms with van der Waals surface area (Å²) < 4.78 is 27.9. The van der Waals surface area contributed by atoms with Gasteiger partial charge in [0.15, 0.2) is 0 Å². The Morgan fingerprint density at radius 1 is 1.23 bits per heavy atom. The molecule has 0 aliphatic carbocycles. The largest absolute Gasteiger partial charge is 0.368 e. The molecule has 1 unspecified atom stereocenters. The Hall–Kier alpha value is -2.54. The lowest BCUT2D eigenvalue weighted by molar-refractivity contribution is 0.0949. The van der Waals surface area contributed by atoms with Crippen LogP contribution in [0.4, 0.5) is 14.5 Å². The van der Waals surface area contributed by atoms with Gasteiger partial charge in [0.25, 0.3) is 5.91 Å². The van der Waals surface area contributed by atoms with Gasteiger partial charge in [-0.25, -0.2) is 8.78 Å². The number of hydrogen-bond donors (Lipinski definition) is 2. The van der Waals surface area contributed by atoms with Crippen molar-refractivity contribution >= 4 is 11.6 Å². The molecule has 1 amide bonds. The highest BCUT2D eigenvalue weighted by Gasteiger charge is 2.41. The minimum Gasteiger partial charge on any atom is -0.368 e. The van der Waals surface area contributed by atoms with E-state index in [1.54, 1.807) is 12.4 Å². The molecule has 2 fully saturated rings. The number of nitrogens with one attached hydrogen (secondary N) is 2. The van der Waals surface area contributed by atoms with E-state index in [0.717, 1.165) is 45.0 Å². The molecule has 5 nitrogen and oxygen atoms in total. The Bertz CT molecular complexity index is 921. The first kappa shape index (κ1) is 20.7. The van der Waals surface area contributed by atoms with Crippen LogP contribution in [0.15, 0.2) is 30.6 Å². The fraction of sp³-hybridized carbons (Fsp3) is 0.478. The third-order valence-corrected chi connectivity index (χ3v) is 6.01. The summed E-state index contributed by atoms with van der Waals surface area (Å²) in [4.78, 5) is 19.4. The van der Waals surface area contributed by atoms with Crippen molar-refractivity contribution in [2.75, 3.05) is 31.1 Å². The number of amides is 1. The van der Waals surface area contributed by atoms with Crippen LogP contribution in [0.2, 0.25) is 0 Å². The number of halogens is 2. The fourth-order valence-corrected chi connectivity index (χ4v) is 4.55. The van der Waals surface area contributed by atoms with Gasteiger partial charge >= 0.3 is 0 Å². The lowest BCUT2D eigenvalue weighted by atomic mass is 9.96. The lowest BCUT2D eigenvalue weighted by Crippen LogP contribution is -2.42. The molecule has 7 heteroatoms. The standard InChI is InChI=1S/C23H28F2N4O/c1-15(2)11-27-22(30)20-13-26-12-19(16-8-17(24)10-18(25)9-16)21(20)29-7-5-23(14-29)4-3-6-28-23/h8-10,12-13,15,28H,3-7,11,14H2,1-2H3,(H,27,30). The van der Waals surface area contributed by atoms with E-state index in [2.05, 4.69) is 20.5 Å². The Morgan fingerprint density at radius 2 is 2.00 bits per heavy atom. The minimum absolute atomic E-state index is 0.0411. The molecule has 2 aliphatic heterocycles. The lowest BCUT2D eigenvalue weighted by Gasteiger charge is -2.28. The number of nitrogens with zero attached hydrogens (tertiary/aromatic N) is 2. The average Bonchev–Trinajstić information content (AvgIpc) is 3.34. The van der Waals surface area contributed by atoms with E-state index in [1.165, 1.54) is 12.1 Å². The van der Waals surface area contributed by atoms with E-state index in [4.69, 9.17) is 0 Å². The number of hydrogen-bond acceptors (Lipinski definition) is 4. The van der Waals surface area contributed by atoms with Gasteiger partial charge < -0.3 is 15.5 Å². The van der Waals surface area contributed by atoms with Crippen molar-refractivity contribution in [3.8, 4) is 11.1 Å². The van der Waals surface area contributed by atoms with Crippen LogP contribution in [-0.4, -0.2) is 42.6 Å². The number of pyridine rings is 1. The first-order valence-electron chi connectivity index (χ1n) is 10.6. The summed E-state index contributed by atoms with van der Waals surface area (Å²) in [5.74, 6) is -1.21. The van der Waals surface area contributed by atoms with E-state index in [0.29, 0.717) is 34.8 Å². The molecular formula is C23H28F2N4O. The van der Waals surface area contributed by atoms with Gasteiger partial charge in [0.05, 0.1) is 11.3 Å². The molecule has 3 heterocycles. The SMILES string of the molecule is CC(C)CNC(=O)c1cncc(-c2cc(F)cc(F)c2)c1N1CCC2(CCCN2)C1. The van der Waals surface area contributed by atoms with Crippen LogP contribution in [0, 0.1) is 17.6 Å². The first-order chi connectivity index (χ1) is 14.4. The monoisotopic (exact) mass is 414 g/mol. The number of rotatable bonds is 5. The van der Waals surface area contributed by atoms with E-state index in [1.807, 2.05) is 13.8 Å². The smallest absolute Gasteiger partial charge is 0.254 e. The van der Waals surface area contributed by atoms with Crippen molar-refractivity contribution in [2.24, 2.45) is 5.92 Å². The van der Waals surface area contributed by atoms with Crippen molar-refractivity contribution < 1.29 is 13.6 Å². The number of aromatic nitrogens is 1. The summed E-state index contributed by atoms with van der Waals surface area (Å²) in [6.07, 6.45) is 6.34. The maximum absolute atomic E-state index is 14.0. The normalized spacial score (nSPS) is 21.0. The maximum atomic E-state index is 14.0. The molecule has 4 rings (SSSR count). The van der Waals surface area contributed by atoms with E-state index in [9.17, 15) is 13.6 Å². The van der Waals surface area contributed by atoms with Crippen LogP contribution in [0.1, 0.15) is 43.5 Å². The van der Waals surface area contributed by atoms with Gasteiger partial charge in [-0.15, -0.1) is 0 Å². The molecule has 1 aromatic heterocycles. The maximum Gasteiger partial charge on any atom is 0.254 e. The topological polar surface area (TPSA) is 57.3 Å². The Balaban J connectivity index is 1.78. The second-order valence-electron chi connectivity index (χ2n) is 8.83. The van der Waals surface area contributed by atoms with Crippen LogP contribution >= 0.6 is 0 Å². The average molecular weight is 415 g/mol. The number of anilines is 1. The molecule has 2 aromatic rings. The Labute approximate surface area is 175 Å². The molecule has 160 valence electrons. The van der Waals surface area contributed by atoms with Gasteiger partial charge in [-0.05, 0) is 49.4 Å². The summed E-state index contributed by atoms with van der Waals surface area (Å²) in [7, 11) is 0. The summed E-state index contributed by atoms with van der Waals surface area (Å²) in [5, 5.41) is 6.58. The summed E-state index contributed by atoms with van der Waals surface area (Å²) >= 11 is 0. The zero-order valence-corrected chi connectivity index (χ0v) is 17.5. The van der Waals surface area contributed by atoms with Gasteiger partial charge in [-0.3, -0.25) is 9.78 Å². The molecule has 0 bridgehead atoms. The van der Waals surface area contributed by atoms with Crippen molar-refractivity contribution in [3.63, 3.8) is 0 Å². The Morgan fingerprint density at radius 3 is 2.67 bits per heavy atom. The highest BCUT2D eigenvalue weighted by Crippen LogP contribution is 2.39. The van der Waals surface area contributed by atoms with Gasteiger partial charge in [-0.1, -0.05) is 13.8 Å². The Kier molecular flexibility index (Phi) is 5.73. The third kappa shape index (κ3) is 4.17. The zero-order chi connectivity index (χ0) is 21.3. The molecule has 2 N–H and O–H groups in total. The second kappa shape index (κ2) is 8.30. The number of carbonyl (C=O) groups is 1. The van der Waals surface area contributed by atoms with Gasteiger partial charge in [0.2, 0.25) is 0 Å². The van der Waals surface area contributed by atoms with Crippen molar-refractivity contribution in [2.45, 2.75) is 38.6 Å². The molecule has 2 saturated heterocycles. The predicted molar refractivity (Wildman–Crippen MR) is 114 cm³/mol. The van der Waals surface area contributed by atoms with Crippen LogP contribution in [-0.2, 0) is 0 Å². The summed E-state index contributed by atoms with van der Waals surface area (Å²) in [6, 6.07) is 3.43. The molecule has 1 aromatic carbocycles. The van der Waals surface area contributed by atoms with E-state index >= 15 is 0 Å². The predicted octanol–water partition coefficient (Wildman–Crippen LogP) is 3.74. The fourth-order valence-electron chi connectivity index (χ4n) is 4.55. The quantitative estimate of drug-likeness (QED) is 0.783. The zero-order valence-electron chi connectivity index (χ0n) is 17.5. The molecule has 2 aliphatic rings. The third-order valence-electron chi connectivity index (χ3n) is 6.01. The molecule has 1 spiro atoms. The highest BCUT2D eigenvalue weighted by atomic mass is 19.1. The van der Waals surface area contributed by atoms with Crippen molar-refractivity contribution in [1.82, 2.24) is 15.6 Å². The number of carbonyl (C=O) groups excluding carboxylic acids is 1. The number of benzene rings is 1. The minimum atomic E-state index is -0.652. The van der Waals surface area contributed by atoms with Crippen LogP contribution in [0.3, 0.4) is 0 Å². The summed E-state index contributed by atoms with van der Waals surface area (Å²) in [5.41, 5.74) is 2.13. The van der Waals surface area contributed by atoms with Crippen LogP contribution in [0.25, 0.3) is 11.1 Å². The molecule has 0 saturated carbocycles. The van der Waals surface area contributed by atoms with E-state index < -0.39 is 11.6 Å². The molecule has 30 heavy (non-hydrogen) atoms. The molecule has 0 radical (unpaired) electrons. The summed E-state index contributed by atoms with van der Waals surface area (Å²) in [6.45, 7) is 7.12.